The Kier molecular flexibility index (Phi) is 7.47. The molecule has 0 bridgehead atoms. The Morgan fingerprint density at radius 1 is 1.47 bits per heavy atom. The molecule has 0 saturated heterocycles. The molecule has 0 aliphatic heterocycles. The third-order valence-corrected chi connectivity index (χ3v) is 3.07. The van der Waals surface area contributed by atoms with Crippen LogP contribution in [0.5, 0.6) is 5.75 Å². The number of hydrogen-bond acceptors (Lipinski definition) is 4. The lowest BCUT2D eigenvalue weighted by atomic mass is 10.3. The summed E-state index contributed by atoms with van der Waals surface area (Å²) >= 11 is 3.35. The van der Waals surface area contributed by atoms with E-state index in [2.05, 4.69) is 21.2 Å². The monoisotopic (exact) mass is 330 g/mol. The number of carbonyl (C=O) groups excluding carboxylic acids is 1. The van der Waals surface area contributed by atoms with Gasteiger partial charge in [-0.3, -0.25) is 4.79 Å². The molecule has 0 fully saturated rings. The fourth-order valence-electron chi connectivity index (χ4n) is 1.39. The highest BCUT2D eigenvalue weighted by molar-refractivity contribution is 9.10. The smallest absolute Gasteiger partial charge is 0.220 e. The molecule has 1 aromatic carbocycles. The summed E-state index contributed by atoms with van der Waals surface area (Å²) in [6.07, 6.45) is 0.290. The zero-order valence-electron chi connectivity index (χ0n) is 10.6. The summed E-state index contributed by atoms with van der Waals surface area (Å²) in [5.74, 6) is 0.557. The van der Waals surface area contributed by atoms with Gasteiger partial charge < -0.3 is 20.9 Å². The molecular formula is C13H19BrN2O3. The summed E-state index contributed by atoms with van der Waals surface area (Å²) in [6.45, 7) is 0.786. The number of ether oxygens (including phenoxy) is 1. The maximum absolute atomic E-state index is 11.3. The van der Waals surface area contributed by atoms with Gasteiger partial charge in [-0.2, -0.15) is 0 Å². The van der Waals surface area contributed by atoms with Gasteiger partial charge in [-0.25, -0.2) is 0 Å². The van der Waals surface area contributed by atoms with Crippen LogP contribution >= 0.6 is 15.9 Å². The highest BCUT2D eigenvalue weighted by Crippen LogP contribution is 2.23. The van der Waals surface area contributed by atoms with Crippen LogP contribution in [-0.4, -0.2) is 36.8 Å². The van der Waals surface area contributed by atoms with Crippen molar-refractivity contribution in [3.63, 3.8) is 0 Å². The SMILES string of the molecule is NCCCC(=O)NCC(O)COc1ccccc1Br. The molecule has 1 unspecified atom stereocenters. The quantitative estimate of drug-likeness (QED) is 0.665. The van der Waals surface area contributed by atoms with E-state index in [0.717, 1.165) is 4.47 Å². The van der Waals surface area contributed by atoms with Gasteiger partial charge in [-0.1, -0.05) is 12.1 Å². The number of amides is 1. The van der Waals surface area contributed by atoms with Gasteiger partial charge in [0.1, 0.15) is 18.5 Å². The van der Waals surface area contributed by atoms with E-state index in [9.17, 15) is 9.90 Å². The van der Waals surface area contributed by atoms with Gasteiger partial charge in [0, 0.05) is 13.0 Å². The summed E-state index contributed by atoms with van der Waals surface area (Å²) < 4.78 is 6.27. The number of rotatable bonds is 8. The van der Waals surface area contributed by atoms with E-state index in [1.54, 1.807) is 6.07 Å². The third-order valence-electron chi connectivity index (χ3n) is 2.41. The molecular weight excluding hydrogens is 312 g/mol. The molecule has 0 radical (unpaired) electrons. The molecule has 19 heavy (non-hydrogen) atoms. The summed E-state index contributed by atoms with van der Waals surface area (Å²) in [7, 11) is 0. The number of nitrogens with two attached hydrogens (primary N) is 1. The summed E-state index contributed by atoms with van der Waals surface area (Å²) in [5, 5.41) is 12.3. The maximum Gasteiger partial charge on any atom is 0.220 e. The highest BCUT2D eigenvalue weighted by Gasteiger charge is 2.08. The van der Waals surface area contributed by atoms with Crippen molar-refractivity contribution in [2.75, 3.05) is 19.7 Å². The van der Waals surface area contributed by atoms with E-state index < -0.39 is 6.10 Å². The minimum absolute atomic E-state index is 0.106. The average molecular weight is 331 g/mol. The lowest BCUT2D eigenvalue weighted by Crippen LogP contribution is -2.35. The summed E-state index contributed by atoms with van der Waals surface area (Å²) in [6, 6.07) is 7.39. The molecule has 0 spiro atoms. The Labute approximate surface area is 121 Å². The van der Waals surface area contributed by atoms with Crippen molar-refractivity contribution in [3.8, 4) is 5.75 Å². The van der Waals surface area contributed by atoms with E-state index in [1.807, 2.05) is 18.2 Å². The van der Waals surface area contributed by atoms with Gasteiger partial charge in [0.25, 0.3) is 0 Å². The van der Waals surface area contributed by atoms with E-state index in [4.69, 9.17) is 10.5 Å². The molecule has 0 aromatic heterocycles. The first-order chi connectivity index (χ1) is 9.13. The molecule has 1 atom stereocenters. The van der Waals surface area contributed by atoms with E-state index in [1.165, 1.54) is 0 Å². The van der Waals surface area contributed by atoms with Crippen LogP contribution in [0.25, 0.3) is 0 Å². The van der Waals surface area contributed by atoms with Crippen LogP contribution in [0.15, 0.2) is 28.7 Å². The second kappa shape index (κ2) is 8.90. The van der Waals surface area contributed by atoms with Gasteiger partial charge in [-0.15, -0.1) is 0 Å². The predicted octanol–water partition coefficient (Wildman–Crippen LogP) is 1.04. The third kappa shape index (κ3) is 6.56. The number of carbonyl (C=O) groups is 1. The van der Waals surface area contributed by atoms with Crippen LogP contribution in [0.3, 0.4) is 0 Å². The lowest BCUT2D eigenvalue weighted by molar-refractivity contribution is -0.121. The number of nitrogens with one attached hydrogen (secondary N) is 1. The first-order valence-electron chi connectivity index (χ1n) is 6.15. The van der Waals surface area contributed by atoms with Crippen molar-refractivity contribution in [3.05, 3.63) is 28.7 Å². The van der Waals surface area contributed by atoms with Crippen LogP contribution < -0.4 is 15.8 Å². The fourth-order valence-corrected chi connectivity index (χ4v) is 1.79. The molecule has 4 N–H and O–H groups in total. The van der Waals surface area contributed by atoms with Crippen LogP contribution in [0.2, 0.25) is 0 Å². The minimum Gasteiger partial charge on any atom is -0.490 e. The van der Waals surface area contributed by atoms with Crippen molar-refractivity contribution in [1.29, 1.82) is 0 Å². The zero-order chi connectivity index (χ0) is 14.1. The number of para-hydroxylation sites is 1. The minimum atomic E-state index is -0.742. The fraction of sp³-hybridized carbons (Fsp3) is 0.462. The molecule has 6 heteroatoms. The lowest BCUT2D eigenvalue weighted by Gasteiger charge is -2.14. The second-order valence-electron chi connectivity index (χ2n) is 4.09. The Morgan fingerprint density at radius 2 is 2.21 bits per heavy atom. The standard InChI is InChI=1S/C13H19BrN2O3/c14-11-4-1-2-5-12(11)19-9-10(17)8-16-13(18)6-3-7-15/h1-2,4-5,10,17H,3,6-9,15H2,(H,16,18). The number of aliphatic hydroxyl groups is 1. The van der Waals surface area contributed by atoms with E-state index in [-0.39, 0.29) is 19.1 Å². The largest absolute Gasteiger partial charge is 0.490 e. The molecule has 0 aliphatic carbocycles. The maximum atomic E-state index is 11.3. The van der Waals surface area contributed by atoms with Crippen molar-refractivity contribution in [2.24, 2.45) is 5.73 Å². The normalized spacial score (nSPS) is 11.9. The molecule has 0 saturated carbocycles. The van der Waals surface area contributed by atoms with E-state index in [0.29, 0.717) is 25.1 Å². The number of benzene rings is 1. The Bertz CT molecular complexity index is 401. The Morgan fingerprint density at radius 3 is 2.89 bits per heavy atom. The van der Waals surface area contributed by atoms with Gasteiger partial charge in [0.2, 0.25) is 5.91 Å². The van der Waals surface area contributed by atoms with Gasteiger partial charge >= 0.3 is 0 Å². The van der Waals surface area contributed by atoms with Crippen LogP contribution in [-0.2, 0) is 4.79 Å². The number of halogens is 1. The Hall–Kier alpha value is -1.11. The van der Waals surface area contributed by atoms with Crippen LogP contribution in [0.1, 0.15) is 12.8 Å². The highest BCUT2D eigenvalue weighted by atomic mass is 79.9. The first-order valence-corrected chi connectivity index (χ1v) is 6.95. The summed E-state index contributed by atoms with van der Waals surface area (Å²) in [4.78, 5) is 11.3. The molecule has 5 nitrogen and oxygen atoms in total. The number of aliphatic hydroxyl groups excluding tert-OH is 1. The van der Waals surface area contributed by atoms with Crippen molar-refractivity contribution >= 4 is 21.8 Å². The molecule has 1 amide bonds. The topological polar surface area (TPSA) is 84.6 Å². The van der Waals surface area contributed by atoms with Gasteiger partial charge in [-0.05, 0) is 41.0 Å². The predicted molar refractivity (Wildman–Crippen MR) is 76.9 cm³/mol. The molecule has 0 aliphatic rings. The van der Waals surface area contributed by atoms with Crippen LogP contribution in [0.4, 0.5) is 0 Å². The zero-order valence-corrected chi connectivity index (χ0v) is 12.2. The first kappa shape index (κ1) is 15.9. The van der Waals surface area contributed by atoms with Gasteiger partial charge in [0.15, 0.2) is 0 Å². The van der Waals surface area contributed by atoms with Crippen molar-refractivity contribution in [2.45, 2.75) is 18.9 Å². The molecule has 1 aromatic rings. The molecule has 106 valence electrons. The van der Waals surface area contributed by atoms with E-state index >= 15 is 0 Å². The Balaban J connectivity index is 2.23. The molecule has 1 rings (SSSR count). The van der Waals surface area contributed by atoms with Crippen LogP contribution in [0, 0.1) is 0 Å². The summed E-state index contributed by atoms with van der Waals surface area (Å²) in [5.41, 5.74) is 5.31. The van der Waals surface area contributed by atoms with Crippen molar-refractivity contribution in [1.82, 2.24) is 5.32 Å². The van der Waals surface area contributed by atoms with Gasteiger partial charge in [0.05, 0.1) is 4.47 Å². The van der Waals surface area contributed by atoms with Crippen molar-refractivity contribution < 1.29 is 14.6 Å². The number of hydrogen-bond donors (Lipinski definition) is 3. The molecule has 0 heterocycles. The second-order valence-corrected chi connectivity index (χ2v) is 4.95. The average Bonchev–Trinajstić information content (AvgIpc) is 2.42.